The summed E-state index contributed by atoms with van der Waals surface area (Å²) in [7, 11) is -2.05. The molecule has 0 saturated heterocycles. The lowest BCUT2D eigenvalue weighted by atomic mass is 10.0. The molecule has 29 heavy (non-hydrogen) atoms. The lowest BCUT2D eigenvalue weighted by molar-refractivity contribution is -0.120. The molecule has 8 nitrogen and oxygen atoms in total. The van der Waals surface area contributed by atoms with Gasteiger partial charge < -0.3 is 15.4 Å². The maximum absolute atomic E-state index is 12.5. The Morgan fingerprint density at radius 3 is 2.38 bits per heavy atom. The van der Waals surface area contributed by atoms with Crippen LogP contribution in [0, 0.1) is 0 Å². The van der Waals surface area contributed by atoms with Gasteiger partial charge >= 0.3 is 0 Å². The van der Waals surface area contributed by atoms with Crippen LogP contribution in [0.1, 0.15) is 31.9 Å². The van der Waals surface area contributed by atoms with Crippen LogP contribution in [0.15, 0.2) is 48.5 Å². The molecular formula is C20H25N3O5S. The summed E-state index contributed by atoms with van der Waals surface area (Å²) in [6.07, 6.45) is 0.0378. The highest BCUT2D eigenvalue weighted by atomic mass is 32.2. The molecule has 0 aliphatic heterocycles. The summed E-state index contributed by atoms with van der Waals surface area (Å²) in [6.45, 7) is 2.93. The number of methoxy groups -OCH3 is 1. The van der Waals surface area contributed by atoms with E-state index in [0.717, 1.165) is 5.56 Å². The topological polar surface area (TPSA) is 114 Å². The predicted molar refractivity (Wildman–Crippen MR) is 112 cm³/mol. The molecule has 0 bridgehead atoms. The Morgan fingerprint density at radius 1 is 1.10 bits per heavy atom. The third kappa shape index (κ3) is 6.79. The lowest BCUT2D eigenvalue weighted by Crippen LogP contribution is -2.29. The van der Waals surface area contributed by atoms with Crippen molar-refractivity contribution in [2.24, 2.45) is 0 Å². The Morgan fingerprint density at radius 2 is 1.79 bits per heavy atom. The van der Waals surface area contributed by atoms with Gasteiger partial charge in [0.05, 0.1) is 31.0 Å². The fraction of sp³-hybridized carbons (Fsp3) is 0.300. The zero-order chi connectivity index (χ0) is 21.4. The molecule has 0 aromatic heterocycles. The monoisotopic (exact) mass is 419 g/mol. The third-order valence-electron chi connectivity index (χ3n) is 4.10. The normalized spacial score (nSPS) is 12.0. The molecule has 2 aromatic carbocycles. The van der Waals surface area contributed by atoms with Crippen molar-refractivity contribution in [2.45, 2.75) is 26.3 Å². The van der Waals surface area contributed by atoms with E-state index in [2.05, 4.69) is 15.4 Å². The van der Waals surface area contributed by atoms with Gasteiger partial charge in [0.2, 0.25) is 21.8 Å². The van der Waals surface area contributed by atoms with Gasteiger partial charge in [-0.25, -0.2) is 8.42 Å². The number of hydrogen-bond acceptors (Lipinski definition) is 5. The molecule has 3 N–H and O–H groups in total. The molecule has 0 saturated carbocycles. The first-order valence-electron chi connectivity index (χ1n) is 9.04. The van der Waals surface area contributed by atoms with Crippen LogP contribution in [0.5, 0.6) is 5.75 Å². The van der Waals surface area contributed by atoms with Crippen LogP contribution in [0.2, 0.25) is 0 Å². The molecule has 2 aromatic rings. The molecule has 0 spiro atoms. The number of nitrogens with one attached hydrogen (secondary N) is 3. The van der Waals surface area contributed by atoms with Crippen molar-refractivity contribution in [2.75, 3.05) is 22.9 Å². The Hall–Kier alpha value is -3.07. The lowest BCUT2D eigenvalue weighted by Gasteiger charge is -2.18. The molecule has 0 heterocycles. The highest BCUT2D eigenvalue weighted by Crippen LogP contribution is 2.29. The average Bonchev–Trinajstić information content (AvgIpc) is 2.68. The number of amides is 2. The van der Waals surface area contributed by atoms with Gasteiger partial charge in [0.25, 0.3) is 0 Å². The number of carbonyl (C=O) groups is 2. The third-order valence-corrected chi connectivity index (χ3v) is 5.39. The molecule has 0 fully saturated rings. The smallest absolute Gasteiger partial charge is 0.232 e. The van der Waals surface area contributed by atoms with E-state index in [4.69, 9.17) is 4.74 Å². The number of carbonyl (C=O) groups excluding carboxylic acids is 2. The molecular weight excluding hydrogens is 394 g/mol. The first kappa shape index (κ1) is 22.2. The minimum atomic E-state index is -3.46. The van der Waals surface area contributed by atoms with E-state index in [-0.39, 0.29) is 35.4 Å². The SMILES string of the molecule is CCS(=O)(=O)Nc1ccc(NC(=O)CC(NC(C)=O)c2ccccc2)cc1OC. The van der Waals surface area contributed by atoms with Crippen molar-refractivity contribution in [3.8, 4) is 5.75 Å². The van der Waals surface area contributed by atoms with Crippen molar-refractivity contribution >= 4 is 33.2 Å². The second-order valence-corrected chi connectivity index (χ2v) is 8.35. The van der Waals surface area contributed by atoms with E-state index in [9.17, 15) is 18.0 Å². The van der Waals surface area contributed by atoms with Crippen molar-refractivity contribution in [3.05, 3.63) is 54.1 Å². The van der Waals surface area contributed by atoms with Gasteiger partial charge in [-0.3, -0.25) is 14.3 Å². The fourth-order valence-electron chi connectivity index (χ4n) is 2.67. The maximum atomic E-state index is 12.5. The fourth-order valence-corrected chi connectivity index (χ4v) is 3.32. The standard InChI is InChI=1S/C20H25N3O5S/c1-4-29(26,27)23-17-11-10-16(12-19(17)28-3)22-20(25)13-18(21-14(2)24)15-8-6-5-7-9-15/h5-12,18,23H,4,13H2,1-3H3,(H,21,24)(H,22,25). The molecule has 156 valence electrons. The summed E-state index contributed by atoms with van der Waals surface area (Å²) in [5.41, 5.74) is 1.55. The molecule has 2 rings (SSSR count). The Bertz CT molecular complexity index is 961. The molecule has 9 heteroatoms. The summed E-state index contributed by atoms with van der Waals surface area (Å²) in [6, 6.07) is 13.4. The zero-order valence-electron chi connectivity index (χ0n) is 16.6. The van der Waals surface area contributed by atoms with E-state index >= 15 is 0 Å². The van der Waals surface area contributed by atoms with Gasteiger partial charge in [-0.05, 0) is 24.6 Å². The largest absolute Gasteiger partial charge is 0.494 e. The van der Waals surface area contributed by atoms with Crippen molar-refractivity contribution in [3.63, 3.8) is 0 Å². The summed E-state index contributed by atoms with van der Waals surface area (Å²) in [5, 5.41) is 5.52. The summed E-state index contributed by atoms with van der Waals surface area (Å²) >= 11 is 0. The van der Waals surface area contributed by atoms with Crippen LogP contribution >= 0.6 is 0 Å². The minimum absolute atomic E-state index is 0.0378. The molecule has 1 atom stereocenters. The van der Waals surface area contributed by atoms with E-state index in [0.29, 0.717) is 5.69 Å². The van der Waals surface area contributed by atoms with Gasteiger partial charge in [0.15, 0.2) is 0 Å². The first-order valence-corrected chi connectivity index (χ1v) is 10.7. The molecule has 0 aliphatic rings. The molecule has 0 aliphatic carbocycles. The summed E-state index contributed by atoms with van der Waals surface area (Å²) in [4.78, 5) is 24.0. The number of hydrogen-bond donors (Lipinski definition) is 3. The summed E-state index contributed by atoms with van der Waals surface area (Å²) < 4.78 is 31.2. The number of benzene rings is 2. The zero-order valence-corrected chi connectivity index (χ0v) is 17.4. The number of ether oxygens (including phenoxy) is 1. The van der Waals surface area contributed by atoms with Crippen molar-refractivity contribution < 1.29 is 22.7 Å². The van der Waals surface area contributed by atoms with E-state index < -0.39 is 16.1 Å². The van der Waals surface area contributed by atoms with Gasteiger partial charge in [0.1, 0.15) is 5.75 Å². The van der Waals surface area contributed by atoms with Crippen LogP contribution in [-0.4, -0.2) is 33.1 Å². The minimum Gasteiger partial charge on any atom is -0.494 e. The average molecular weight is 420 g/mol. The maximum Gasteiger partial charge on any atom is 0.232 e. The highest BCUT2D eigenvalue weighted by Gasteiger charge is 2.18. The van der Waals surface area contributed by atoms with Crippen LogP contribution < -0.4 is 20.1 Å². The molecule has 0 radical (unpaired) electrons. The van der Waals surface area contributed by atoms with Gasteiger partial charge in [-0.15, -0.1) is 0 Å². The molecule has 2 amide bonds. The van der Waals surface area contributed by atoms with Gasteiger partial charge in [-0.2, -0.15) is 0 Å². The van der Waals surface area contributed by atoms with Crippen LogP contribution in [-0.2, 0) is 19.6 Å². The number of sulfonamides is 1. The van der Waals surface area contributed by atoms with Gasteiger partial charge in [-0.1, -0.05) is 30.3 Å². The Kier molecular flexibility index (Phi) is 7.60. The highest BCUT2D eigenvalue weighted by molar-refractivity contribution is 7.92. The van der Waals surface area contributed by atoms with E-state index in [1.54, 1.807) is 6.07 Å². The second kappa shape index (κ2) is 9.92. The number of anilines is 2. The van der Waals surface area contributed by atoms with Crippen LogP contribution in [0.4, 0.5) is 11.4 Å². The Labute approximate surface area is 170 Å². The van der Waals surface area contributed by atoms with Crippen molar-refractivity contribution in [1.82, 2.24) is 5.32 Å². The Balaban J connectivity index is 2.13. The van der Waals surface area contributed by atoms with E-state index in [1.165, 1.54) is 33.1 Å². The number of rotatable bonds is 9. The van der Waals surface area contributed by atoms with E-state index in [1.807, 2.05) is 30.3 Å². The second-order valence-electron chi connectivity index (χ2n) is 6.34. The van der Waals surface area contributed by atoms with Crippen LogP contribution in [0.25, 0.3) is 0 Å². The first-order chi connectivity index (χ1) is 13.7. The van der Waals surface area contributed by atoms with Gasteiger partial charge in [0, 0.05) is 18.7 Å². The predicted octanol–water partition coefficient (Wildman–Crippen LogP) is 2.66. The molecule has 1 unspecified atom stereocenters. The van der Waals surface area contributed by atoms with Crippen molar-refractivity contribution in [1.29, 1.82) is 0 Å². The summed E-state index contributed by atoms with van der Waals surface area (Å²) in [5.74, 6) is -0.336. The van der Waals surface area contributed by atoms with Crippen LogP contribution in [0.3, 0.4) is 0 Å². The quantitative estimate of drug-likeness (QED) is 0.578.